The topological polar surface area (TPSA) is 118 Å². The standard InChI is InChI=1S/C13H12F3NO5/c14-13(15,16)9(19)5-8(18)6-1-3-7(4-2-6)10(20)11(21)12(17)22/h1-4,10-11,20-21H,5H2,(H2,17,22). The summed E-state index contributed by atoms with van der Waals surface area (Å²) in [5.74, 6) is -4.37. The highest BCUT2D eigenvalue weighted by Gasteiger charge is 2.39. The van der Waals surface area contributed by atoms with Gasteiger partial charge >= 0.3 is 6.18 Å². The number of amides is 1. The lowest BCUT2D eigenvalue weighted by molar-refractivity contribution is -0.170. The van der Waals surface area contributed by atoms with Crippen LogP contribution in [0, 0.1) is 0 Å². The number of aliphatic hydroxyl groups excluding tert-OH is 2. The van der Waals surface area contributed by atoms with E-state index < -0.39 is 42.3 Å². The van der Waals surface area contributed by atoms with E-state index in [0.29, 0.717) is 0 Å². The van der Waals surface area contributed by atoms with Crippen LogP contribution < -0.4 is 5.73 Å². The third-order valence-electron chi connectivity index (χ3n) is 2.80. The predicted octanol–water partition coefficient (Wildman–Crippen LogP) is 0.270. The van der Waals surface area contributed by atoms with Crippen molar-refractivity contribution in [2.75, 3.05) is 0 Å². The van der Waals surface area contributed by atoms with Crippen LogP contribution in [0.1, 0.15) is 28.4 Å². The molecule has 2 unspecified atom stereocenters. The zero-order valence-corrected chi connectivity index (χ0v) is 11.0. The van der Waals surface area contributed by atoms with Gasteiger partial charge in [0.15, 0.2) is 11.9 Å². The molecule has 1 rings (SSSR count). The Bertz CT molecular complexity index is 582. The Morgan fingerprint density at radius 2 is 1.59 bits per heavy atom. The van der Waals surface area contributed by atoms with Gasteiger partial charge in [0, 0.05) is 5.56 Å². The first-order valence-electron chi connectivity index (χ1n) is 5.92. The lowest BCUT2D eigenvalue weighted by Crippen LogP contribution is -2.33. The Kier molecular flexibility index (Phi) is 5.39. The molecule has 0 saturated heterocycles. The van der Waals surface area contributed by atoms with Crippen molar-refractivity contribution in [3.8, 4) is 0 Å². The molecule has 22 heavy (non-hydrogen) atoms. The number of carbonyl (C=O) groups is 3. The van der Waals surface area contributed by atoms with Crippen LogP contribution in [-0.4, -0.2) is 40.0 Å². The van der Waals surface area contributed by atoms with Crippen LogP contribution in [-0.2, 0) is 9.59 Å². The molecular formula is C13H12F3NO5. The number of benzene rings is 1. The first-order chi connectivity index (χ1) is 10.0. The van der Waals surface area contributed by atoms with Crippen molar-refractivity contribution in [1.82, 2.24) is 0 Å². The maximum Gasteiger partial charge on any atom is 0.450 e. The van der Waals surface area contributed by atoms with Crippen LogP contribution in [0.3, 0.4) is 0 Å². The zero-order valence-electron chi connectivity index (χ0n) is 11.0. The molecule has 0 aliphatic heterocycles. The van der Waals surface area contributed by atoms with E-state index in [4.69, 9.17) is 5.73 Å². The van der Waals surface area contributed by atoms with Gasteiger partial charge in [0.1, 0.15) is 6.10 Å². The summed E-state index contributed by atoms with van der Waals surface area (Å²) in [5, 5.41) is 18.9. The smallest absolute Gasteiger partial charge is 0.385 e. The molecule has 6 nitrogen and oxygen atoms in total. The molecule has 2 atom stereocenters. The number of ketones is 2. The molecule has 0 fully saturated rings. The van der Waals surface area contributed by atoms with Crippen LogP contribution in [0.4, 0.5) is 13.2 Å². The van der Waals surface area contributed by atoms with Crippen molar-refractivity contribution in [3.63, 3.8) is 0 Å². The Morgan fingerprint density at radius 3 is 2.00 bits per heavy atom. The van der Waals surface area contributed by atoms with Crippen LogP contribution in [0.15, 0.2) is 24.3 Å². The maximum absolute atomic E-state index is 12.1. The van der Waals surface area contributed by atoms with Gasteiger partial charge in [-0.05, 0) is 5.56 Å². The van der Waals surface area contributed by atoms with Crippen LogP contribution in [0.25, 0.3) is 0 Å². The molecule has 0 heterocycles. The number of hydrogen-bond donors (Lipinski definition) is 3. The SMILES string of the molecule is NC(=O)C(O)C(O)c1ccc(C(=O)CC(=O)C(F)(F)F)cc1. The second-order valence-corrected chi connectivity index (χ2v) is 4.43. The fourth-order valence-electron chi connectivity index (χ4n) is 1.55. The quantitative estimate of drug-likeness (QED) is 0.514. The highest BCUT2D eigenvalue weighted by molar-refractivity contribution is 6.09. The second-order valence-electron chi connectivity index (χ2n) is 4.43. The minimum Gasteiger partial charge on any atom is -0.385 e. The van der Waals surface area contributed by atoms with Gasteiger partial charge in [-0.15, -0.1) is 0 Å². The van der Waals surface area contributed by atoms with Crippen molar-refractivity contribution < 1.29 is 37.8 Å². The first kappa shape index (κ1) is 17.8. The minimum atomic E-state index is -5.09. The molecule has 120 valence electrons. The molecule has 0 spiro atoms. The van der Waals surface area contributed by atoms with Gasteiger partial charge in [0.05, 0.1) is 6.42 Å². The van der Waals surface area contributed by atoms with E-state index in [1.165, 1.54) is 0 Å². The molecule has 0 aromatic heterocycles. The van der Waals surface area contributed by atoms with Gasteiger partial charge in [0.25, 0.3) is 0 Å². The molecule has 1 aromatic carbocycles. The lowest BCUT2D eigenvalue weighted by atomic mass is 9.99. The molecule has 4 N–H and O–H groups in total. The van der Waals surface area contributed by atoms with Crippen molar-refractivity contribution in [1.29, 1.82) is 0 Å². The fraction of sp³-hybridized carbons (Fsp3) is 0.308. The molecule has 0 bridgehead atoms. The summed E-state index contributed by atoms with van der Waals surface area (Å²) in [6.07, 6.45) is -9.92. The number of Topliss-reactive ketones (excluding diaryl/α,β-unsaturated/α-hetero) is 2. The molecule has 0 saturated carbocycles. The normalized spacial score (nSPS) is 14.2. The van der Waals surface area contributed by atoms with Crippen LogP contribution in [0.5, 0.6) is 0 Å². The van der Waals surface area contributed by atoms with E-state index in [1.807, 2.05) is 0 Å². The summed E-state index contributed by atoms with van der Waals surface area (Å²) in [4.78, 5) is 33.0. The monoisotopic (exact) mass is 319 g/mol. The van der Waals surface area contributed by atoms with Crippen molar-refractivity contribution >= 4 is 17.5 Å². The van der Waals surface area contributed by atoms with Crippen molar-refractivity contribution in [2.24, 2.45) is 5.73 Å². The van der Waals surface area contributed by atoms with Gasteiger partial charge in [-0.3, -0.25) is 14.4 Å². The van der Waals surface area contributed by atoms with E-state index in [-0.39, 0.29) is 11.1 Å². The Morgan fingerprint density at radius 1 is 1.09 bits per heavy atom. The molecule has 1 amide bonds. The third kappa shape index (κ3) is 4.37. The minimum absolute atomic E-state index is 0.0324. The Labute approximate surface area is 122 Å². The van der Waals surface area contributed by atoms with Gasteiger partial charge < -0.3 is 15.9 Å². The van der Waals surface area contributed by atoms with E-state index >= 15 is 0 Å². The summed E-state index contributed by atoms with van der Waals surface area (Å²) in [5.41, 5.74) is 4.65. The molecule has 1 aromatic rings. The van der Waals surface area contributed by atoms with E-state index in [0.717, 1.165) is 24.3 Å². The maximum atomic E-state index is 12.1. The molecule has 0 radical (unpaired) electrons. The summed E-state index contributed by atoms with van der Waals surface area (Å²) in [6.45, 7) is 0. The largest absolute Gasteiger partial charge is 0.450 e. The molecule has 0 aliphatic carbocycles. The van der Waals surface area contributed by atoms with Gasteiger partial charge in [0.2, 0.25) is 11.7 Å². The summed E-state index contributed by atoms with van der Waals surface area (Å²) < 4.78 is 36.2. The highest BCUT2D eigenvalue weighted by Crippen LogP contribution is 2.21. The molecule has 9 heteroatoms. The van der Waals surface area contributed by atoms with Gasteiger partial charge in [-0.25, -0.2) is 0 Å². The highest BCUT2D eigenvalue weighted by atomic mass is 19.4. The molecule has 0 aliphatic rings. The Balaban J connectivity index is 2.83. The van der Waals surface area contributed by atoms with Gasteiger partial charge in [-0.2, -0.15) is 13.2 Å². The fourth-order valence-corrected chi connectivity index (χ4v) is 1.55. The van der Waals surface area contributed by atoms with E-state index in [1.54, 1.807) is 0 Å². The number of aliphatic hydroxyl groups is 2. The Hall–Kier alpha value is -2.26. The lowest BCUT2D eigenvalue weighted by Gasteiger charge is -2.15. The predicted molar refractivity (Wildman–Crippen MR) is 66.6 cm³/mol. The molecular weight excluding hydrogens is 307 g/mol. The average Bonchev–Trinajstić information content (AvgIpc) is 2.44. The first-order valence-corrected chi connectivity index (χ1v) is 5.92. The number of carbonyl (C=O) groups excluding carboxylic acids is 3. The zero-order chi connectivity index (χ0) is 17.1. The number of rotatable bonds is 6. The second kappa shape index (κ2) is 6.67. The summed E-state index contributed by atoms with van der Waals surface area (Å²) in [7, 11) is 0. The van der Waals surface area contributed by atoms with E-state index in [9.17, 15) is 37.8 Å². The van der Waals surface area contributed by atoms with Crippen molar-refractivity contribution in [2.45, 2.75) is 24.8 Å². The number of hydrogen-bond acceptors (Lipinski definition) is 5. The van der Waals surface area contributed by atoms with Crippen molar-refractivity contribution in [3.05, 3.63) is 35.4 Å². The summed E-state index contributed by atoms with van der Waals surface area (Å²) >= 11 is 0. The number of halogens is 3. The average molecular weight is 319 g/mol. The van der Waals surface area contributed by atoms with Gasteiger partial charge in [-0.1, -0.05) is 24.3 Å². The van der Waals surface area contributed by atoms with Crippen LogP contribution >= 0.6 is 0 Å². The van der Waals surface area contributed by atoms with Crippen LogP contribution in [0.2, 0.25) is 0 Å². The number of nitrogens with two attached hydrogens (primary N) is 1. The van der Waals surface area contributed by atoms with E-state index in [2.05, 4.69) is 0 Å². The third-order valence-corrected chi connectivity index (χ3v) is 2.80. The number of primary amides is 1. The number of alkyl halides is 3. The summed E-state index contributed by atoms with van der Waals surface area (Å²) in [6, 6.07) is 4.39.